The molecule has 0 spiro atoms. The highest BCUT2D eigenvalue weighted by Crippen LogP contribution is 2.34. The van der Waals surface area contributed by atoms with Crippen LogP contribution in [-0.4, -0.2) is 18.5 Å². The Hall–Kier alpha value is -2.88. The topological polar surface area (TPSA) is 52.6 Å². The van der Waals surface area contributed by atoms with Crippen LogP contribution in [0.25, 0.3) is 11.1 Å². The van der Waals surface area contributed by atoms with Gasteiger partial charge in [0, 0.05) is 16.7 Å². The number of benzene rings is 1. The maximum Gasteiger partial charge on any atom is 0.333 e. The van der Waals surface area contributed by atoms with Gasteiger partial charge in [-0.15, -0.1) is 0 Å². The Labute approximate surface area is 168 Å². The summed E-state index contributed by atoms with van der Waals surface area (Å²) in [4.78, 5) is 23.7. The van der Waals surface area contributed by atoms with E-state index in [2.05, 4.69) is 26.3 Å². The van der Waals surface area contributed by atoms with Crippen LogP contribution >= 0.6 is 0 Å². The number of hydrogen-bond donors (Lipinski definition) is 0. The monoisotopic (exact) mass is 382 g/mol. The summed E-state index contributed by atoms with van der Waals surface area (Å²) in [6.45, 7) is 22.6. The van der Waals surface area contributed by atoms with Crippen LogP contribution in [0.5, 0.6) is 0 Å². The summed E-state index contributed by atoms with van der Waals surface area (Å²) in [6, 6.07) is 5.81. The summed E-state index contributed by atoms with van der Waals surface area (Å²) in [5.41, 5.74) is 5.19. The van der Waals surface area contributed by atoms with Crippen molar-refractivity contribution in [3.8, 4) is 0 Å². The lowest BCUT2D eigenvalue weighted by Gasteiger charge is -2.23. The molecule has 0 aliphatic heterocycles. The Bertz CT molecular complexity index is 814. The molecule has 1 atom stereocenters. The predicted molar refractivity (Wildman–Crippen MR) is 115 cm³/mol. The lowest BCUT2D eigenvalue weighted by atomic mass is 9.89. The first-order valence-electron chi connectivity index (χ1n) is 9.20. The van der Waals surface area contributed by atoms with Crippen LogP contribution in [0.2, 0.25) is 0 Å². The fourth-order valence-corrected chi connectivity index (χ4v) is 2.73. The molecular formula is C24H30O4. The van der Waals surface area contributed by atoms with E-state index in [9.17, 15) is 9.59 Å². The largest absolute Gasteiger partial charge is 0.462 e. The summed E-state index contributed by atoms with van der Waals surface area (Å²) >= 11 is 0. The summed E-state index contributed by atoms with van der Waals surface area (Å²) in [7, 11) is 0. The van der Waals surface area contributed by atoms with E-state index in [0.29, 0.717) is 24.0 Å². The van der Waals surface area contributed by atoms with Crippen LogP contribution in [0.1, 0.15) is 63.3 Å². The summed E-state index contributed by atoms with van der Waals surface area (Å²) < 4.78 is 10.9. The first-order chi connectivity index (χ1) is 13.1. The normalized spacial score (nSPS) is 11.3. The van der Waals surface area contributed by atoms with Crippen molar-refractivity contribution in [3.05, 3.63) is 72.4 Å². The zero-order chi connectivity index (χ0) is 21.4. The van der Waals surface area contributed by atoms with Crippen molar-refractivity contribution in [2.24, 2.45) is 0 Å². The Balaban J connectivity index is 3.16. The van der Waals surface area contributed by atoms with Crippen molar-refractivity contribution in [1.82, 2.24) is 0 Å². The molecule has 1 aromatic rings. The first kappa shape index (κ1) is 23.2. The van der Waals surface area contributed by atoms with Gasteiger partial charge in [-0.25, -0.2) is 9.59 Å². The molecule has 1 aromatic carbocycles. The van der Waals surface area contributed by atoms with Crippen molar-refractivity contribution < 1.29 is 19.1 Å². The molecule has 1 unspecified atom stereocenters. The van der Waals surface area contributed by atoms with Crippen LogP contribution in [0, 0.1) is 0 Å². The molecule has 0 aliphatic carbocycles. The van der Waals surface area contributed by atoms with E-state index >= 15 is 0 Å². The van der Waals surface area contributed by atoms with Crippen molar-refractivity contribution in [1.29, 1.82) is 0 Å². The van der Waals surface area contributed by atoms with E-state index in [1.807, 2.05) is 32.0 Å². The summed E-state index contributed by atoms with van der Waals surface area (Å²) in [6.07, 6.45) is 0.501. The lowest BCUT2D eigenvalue weighted by Crippen LogP contribution is -2.15. The van der Waals surface area contributed by atoms with Gasteiger partial charge in [0.2, 0.25) is 0 Å². The minimum Gasteiger partial charge on any atom is -0.462 e. The van der Waals surface area contributed by atoms with Crippen LogP contribution in [0.4, 0.5) is 0 Å². The van der Waals surface area contributed by atoms with E-state index in [4.69, 9.17) is 9.47 Å². The molecule has 0 heterocycles. The van der Waals surface area contributed by atoms with Gasteiger partial charge < -0.3 is 9.47 Å². The van der Waals surface area contributed by atoms with E-state index in [-0.39, 0.29) is 6.61 Å². The highest BCUT2D eigenvalue weighted by Gasteiger charge is 2.22. The number of rotatable bonds is 10. The molecule has 0 saturated heterocycles. The molecule has 0 radical (unpaired) electrons. The SMILES string of the molecule is C=C(C)C(=O)OCCCC(OC(=O)C(=C)C)c1cccc(C(=C)C)c1C(=C)C. The maximum atomic E-state index is 12.2. The van der Waals surface area contributed by atoms with Gasteiger partial charge in [0.15, 0.2) is 0 Å². The molecule has 0 amide bonds. The van der Waals surface area contributed by atoms with Crippen LogP contribution < -0.4 is 0 Å². The van der Waals surface area contributed by atoms with E-state index in [1.165, 1.54) is 0 Å². The molecule has 0 aliphatic rings. The molecule has 1 rings (SSSR count). The standard InChI is InChI=1S/C24H30O4/c1-15(2)19-11-9-12-20(22(19)16(3)4)21(28-24(26)18(7)8)13-10-14-27-23(25)17(5)6/h9,11-12,21H,1,3,5,7,10,13-14H2,2,4,6,8H3. The average Bonchev–Trinajstić information content (AvgIpc) is 2.62. The second-order valence-electron chi connectivity index (χ2n) is 7.06. The van der Waals surface area contributed by atoms with E-state index in [1.54, 1.807) is 13.8 Å². The molecule has 4 heteroatoms. The smallest absolute Gasteiger partial charge is 0.333 e. The minimum absolute atomic E-state index is 0.218. The second-order valence-corrected chi connectivity index (χ2v) is 7.06. The third-order valence-corrected chi connectivity index (χ3v) is 4.12. The van der Waals surface area contributed by atoms with Crippen LogP contribution in [-0.2, 0) is 19.1 Å². The van der Waals surface area contributed by atoms with E-state index < -0.39 is 18.0 Å². The third kappa shape index (κ3) is 6.38. The third-order valence-electron chi connectivity index (χ3n) is 4.12. The number of esters is 2. The van der Waals surface area contributed by atoms with Crippen molar-refractivity contribution in [2.75, 3.05) is 6.61 Å². The van der Waals surface area contributed by atoms with Gasteiger partial charge in [-0.3, -0.25) is 0 Å². The average molecular weight is 383 g/mol. The van der Waals surface area contributed by atoms with Gasteiger partial charge in [-0.1, -0.05) is 55.7 Å². The molecule has 0 N–H and O–H groups in total. The second kappa shape index (κ2) is 10.5. The van der Waals surface area contributed by atoms with Gasteiger partial charge in [0.05, 0.1) is 6.61 Å². The highest BCUT2D eigenvalue weighted by atomic mass is 16.5. The van der Waals surface area contributed by atoms with Gasteiger partial charge in [0.1, 0.15) is 6.10 Å². The molecule has 150 valence electrons. The fraction of sp³-hybridized carbons (Fsp3) is 0.333. The molecule has 0 bridgehead atoms. The minimum atomic E-state index is -0.515. The van der Waals surface area contributed by atoms with Gasteiger partial charge in [-0.2, -0.15) is 0 Å². The quantitative estimate of drug-likeness (QED) is 0.291. The summed E-state index contributed by atoms with van der Waals surface area (Å²) in [5.74, 6) is -0.889. The number of hydrogen-bond acceptors (Lipinski definition) is 4. The lowest BCUT2D eigenvalue weighted by molar-refractivity contribution is -0.146. The predicted octanol–water partition coefficient (Wildman–Crippen LogP) is 5.81. The molecule has 0 aromatic heterocycles. The number of ether oxygens (including phenoxy) is 2. The fourth-order valence-electron chi connectivity index (χ4n) is 2.73. The maximum absolute atomic E-state index is 12.2. The molecule has 0 saturated carbocycles. The van der Waals surface area contributed by atoms with Gasteiger partial charge in [-0.05, 0) is 51.7 Å². The number of carbonyl (C=O) groups is 2. The first-order valence-corrected chi connectivity index (χ1v) is 9.20. The highest BCUT2D eigenvalue weighted by molar-refractivity contribution is 5.87. The zero-order valence-electron chi connectivity index (χ0n) is 17.4. The number of allylic oxidation sites excluding steroid dienone is 2. The zero-order valence-corrected chi connectivity index (χ0v) is 17.4. The molecule has 28 heavy (non-hydrogen) atoms. The van der Waals surface area contributed by atoms with Gasteiger partial charge >= 0.3 is 11.9 Å². The Morgan fingerprint density at radius 2 is 1.54 bits per heavy atom. The summed E-state index contributed by atoms with van der Waals surface area (Å²) in [5, 5.41) is 0. The van der Waals surface area contributed by atoms with Crippen LogP contribution in [0.3, 0.4) is 0 Å². The van der Waals surface area contributed by atoms with Crippen molar-refractivity contribution in [2.45, 2.75) is 46.6 Å². The Morgan fingerprint density at radius 1 is 0.929 bits per heavy atom. The number of carbonyl (C=O) groups excluding carboxylic acids is 2. The molecule has 0 fully saturated rings. The van der Waals surface area contributed by atoms with Crippen molar-refractivity contribution in [3.63, 3.8) is 0 Å². The molecular weight excluding hydrogens is 352 g/mol. The molecule has 4 nitrogen and oxygen atoms in total. The van der Waals surface area contributed by atoms with E-state index in [0.717, 1.165) is 27.8 Å². The Morgan fingerprint density at radius 3 is 2.04 bits per heavy atom. The van der Waals surface area contributed by atoms with Gasteiger partial charge in [0.25, 0.3) is 0 Å². The van der Waals surface area contributed by atoms with Crippen LogP contribution in [0.15, 0.2) is 55.7 Å². The Kier molecular flexibility index (Phi) is 8.65. The van der Waals surface area contributed by atoms with Crippen molar-refractivity contribution >= 4 is 23.1 Å².